The third-order valence-electron chi connectivity index (χ3n) is 6.19. The number of nitrogens with zero attached hydrogens (tertiary/aromatic N) is 2. The molecular weight excluding hydrogens is 454 g/mol. The van der Waals surface area contributed by atoms with Crippen LogP contribution in [0.2, 0.25) is 0 Å². The van der Waals surface area contributed by atoms with Gasteiger partial charge in [-0.2, -0.15) is 0 Å². The molecule has 1 fully saturated rings. The Morgan fingerprint density at radius 3 is 2.62 bits per heavy atom. The van der Waals surface area contributed by atoms with Gasteiger partial charge in [-0.3, -0.25) is 0 Å². The van der Waals surface area contributed by atoms with E-state index in [-0.39, 0.29) is 0 Å². The van der Waals surface area contributed by atoms with Crippen molar-refractivity contribution >= 4 is 48.9 Å². The third kappa shape index (κ3) is 2.79. The van der Waals surface area contributed by atoms with Gasteiger partial charge in [-0.05, 0) is 86.8 Å². The maximum atomic E-state index is 3.95. The molecule has 1 atom stereocenters. The SMILES string of the molecule is CN1CCC(C2Nc3cc(Br)ccc3N3CCc4cc(Br)cc2c43)CC1. The summed E-state index contributed by atoms with van der Waals surface area (Å²) in [7, 11) is 2.24. The Kier molecular flexibility index (Phi) is 4.29. The van der Waals surface area contributed by atoms with Gasteiger partial charge in [0.15, 0.2) is 0 Å². The summed E-state index contributed by atoms with van der Waals surface area (Å²) in [5, 5.41) is 3.95. The van der Waals surface area contributed by atoms with E-state index in [1.807, 2.05) is 0 Å². The van der Waals surface area contributed by atoms with E-state index in [1.54, 1.807) is 0 Å². The fourth-order valence-electron chi connectivity index (χ4n) is 4.86. The molecule has 0 saturated carbocycles. The lowest BCUT2D eigenvalue weighted by molar-refractivity contribution is 0.205. The molecule has 0 bridgehead atoms. The number of anilines is 3. The largest absolute Gasteiger partial charge is 0.376 e. The lowest BCUT2D eigenvalue weighted by Crippen LogP contribution is -2.34. The molecule has 0 aromatic heterocycles. The van der Waals surface area contributed by atoms with Gasteiger partial charge < -0.3 is 15.1 Å². The van der Waals surface area contributed by atoms with E-state index >= 15 is 0 Å². The quantitative estimate of drug-likeness (QED) is 0.568. The average Bonchev–Trinajstić information content (AvgIpc) is 2.98. The zero-order valence-corrected chi connectivity index (χ0v) is 18.1. The lowest BCUT2D eigenvalue weighted by atomic mass is 9.84. The summed E-state index contributed by atoms with van der Waals surface area (Å²) in [6.07, 6.45) is 3.62. The number of benzene rings is 2. The van der Waals surface area contributed by atoms with Gasteiger partial charge in [-0.15, -0.1) is 0 Å². The van der Waals surface area contributed by atoms with Crippen molar-refractivity contribution in [2.45, 2.75) is 25.3 Å². The predicted molar refractivity (Wildman–Crippen MR) is 116 cm³/mol. The van der Waals surface area contributed by atoms with Crippen LogP contribution in [0.3, 0.4) is 0 Å². The fourth-order valence-corrected chi connectivity index (χ4v) is 5.74. The second kappa shape index (κ2) is 6.54. The Bertz CT molecular complexity index is 859. The minimum Gasteiger partial charge on any atom is -0.376 e. The van der Waals surface area contributed by atoms with Crippen molar-refractivity contribution in [3.05, 3.63) is 50.4 Å². The maximum Gasteiger partial charge on any atom is 0.0647 e. The standard InChI is InChI=1S/C21H23Br2N3/c1-25-7-4-13(5-8-25)20-17-11-16(23)10-14-6-9-26(21(14)17)19-3-2-15(22)12-18(19)24-20/h2-3,10-13,20,24H,4-9H2,1H3. The summed E-state index contributed by atoms with van der Waals surface area (Å²) >= 11 is 7.44. The van der Waals surface area contributed by atoms with Gasteiger partial charge >= 0.3 is 0 Å². The first-order valence-electron chi connectivity index (χ1n) is 9.44. The molecule has 3 aliphatic rings. The van der Waals surface area contributed by atoms with Crippen molar-refractivity contribution in [3.63, 3.8) is 0 Å². The number of likely N-dealkylation sites (tertiary alicyclic amines) is 1. The molecule has 0 aliphatic carbocycles. The van der Waals surface area contributed by atoms with Crippen LogP contribution in [0.1, 0.15) is 30.0 Å². The number of fused-ring (bicyclic) bond motifs is 2. The van der Waals surface area contributed by atoms with E-state index in [2.05, 4.69) is 84.4 Å². The van der Waals surface area contributed by atoms with Crippen LogP contribution < -0.4 is 10.2 Å². The highest BCUT2D eigenvalue weighted by molar-refractivity contribution is 9.10. The van der Waals surface area contributed by atoms with E-state index in [1.165, 1.54) is 58.6 Å². The summed E-state index contributed by atoms with van der Waals surface area (Å²) in [5.74, 6) is 0.664. The number of halogens is 2. The molecule has 5 heteroatoms. The molecule has 136 valence electrons. The molecule has 5 rings (SSSR count). The number of rotatable bonds is 1. The lowest BCUT2D eigenvalue weighted by Gasteiger charge is -2.35. The van der Waals surface area contributed by atoms with Gasteiger partial charge in [0.05, 0.1) is 17.4 Å². The summed E-state index contributed by atoms with van der Waals surface area (Å²) < 4.78 is 2.34. The van der Waals surface area contributed by atoms with E-state index in [0.717, 1.165) is 17.4 Å². The second-order valence-corrected chi connectivity index (χ2v) is 9.66. The molecule has 2 aromatic rings. The van der Waals surface area contributed by atoms with Gasteiger partial charge in [-0.1, -0.05) is 31.9 Å². The molecule has 3 nitrogen and oxygen atoms in total. The highest BCUT2D eigenvalue weighted by Gasteiger charge is 2.36. The molecule has 1 saturated heterocycles. The van der Waals surface area contributed by atoms with E-state index in [9.17, 15) is 0 Å². The van der Waals surface area contributed by atoms with Gasteiger partial charge in [0.25, 0.3) is 0 Å². The topological polar surface area (TPSA) is 18.5 Å². The monoisotopic (exact) mass is 475 g/mol. The maximum absolute atomic E-state index is 3.95. The normalized spacial score (nSPS) is 22.6. The van der Waals surface area contributed by atoms with Crippen molar-refractivity contribution in [2.24, 2.45) is 5.92 Å². The predicted octanol–water partition coefficient (Wildman–Crippen LogP) is 5.71. The van der Waals surface area contributed by atoms with E-state index in [0.29, 0.717) is 12.0 Å². The molecule has 1 N–H and O–H groups in total. The highest BCUT2D eigenvalue weighted by Crippen LogP contribution is 2.50. The summed E-state index contributed by atoms with van der Waals surface area (Å²) in [6, 6.07) is 11.7. The van der Waals surface area contributed by atoms with Crippen molar-refractivity contribution < 1.29 is 0 Å². The van der Waals surface area contributed by atoms with Crippen LogP contribution in [0.15, 0.2) is 39.3 Å². The molecule has 26 heavy (non-hydrogen) atoms. The molecule has 2 aromatic carbocycles. The Morgan fingerprint density at radius 2 is 1.81 bits per heavy atom. The number of nitrogens with one attached hydrogen (secondary N) is 1. The number of hydrogen-bond donors (Lipinski definition) is 1. The molecule has 0 radical (unpaired) electrons. The van der Waals surface area contributed by atoms with Crippen LogP contribution >= 0.6 is 31.9 Å². The van der Waals surface area contributed by atoms with Crippen molar-refractivity contribution in [2.75, 3.05) is 36.9 Å². The average molecular weight is 477 g/mol. The van der Waals surface area contributed by atoms with Crippen LogP contribution in [-0.4, -0.2) is 31.6 Å². The van der Waals surface area contributed by atoms with Crippen LogP contribution in [-0.2, 0) is 6.42 Å². The Morgan fingerprint density at radius 1 is 1.00 bits per heavy atom. The van der Waals surface area contributed by atoms with Crippen LogP contribution in [0.4, 0.5) is 17.1 Å². The Balaban J connectivity index is 1.67. The molecule has 0 amide bonds. The van der Waals surface area contributed by atoms with Crippen molar-refractivity contribution in [1.29, 1.82) is 0 Å². The van der Waals surface area contributed by atoms with E-state index in [4.69, 9.17) is 0 Å². The van der Waals surface area contributed by atoms with Gasteiger partial charge in [0, 0.05) is 21.2 Å². The van der Waals surface area contributed by atoms with Gasteiger partial charge in [-0.25, -0.2) is 0 Å². The first kappa shape index (κ1) is 17.1. The number of piperidine rings is 1. The molecular formula is C21H23Br2N3. The second-order valence-electron chi connectivity index (χ2n) is 7.83. The third-order valence-corrected chi connectivity index (χ3v) is 7.14. The highest BCUT2D eigenvalue weighted by atomic mass is 79.9. The van der Waals surface area contributed by atoms with Crippen LogP contribution in [0, 0.1) is 5.92 Å². The van der Waals surface area contributed by atoms with Crippen LogP contribution in [0.25, 0.3) is 0 Å². The van der Waals surface area contributed by atoms with Gasteiger partial charge in [0.2, 0.25) is 0 Å². The Labute approximate surface area is 172 Å². The minimum absolute atomic E-state index is 0.367. The van der Waals surface area contributed by atoms with Crippen molar-refractivity contribution in [1.82, 2.24) is 4.90 Å². The first-order valence-corrected chi connectivity index (χ1v) is 11.0. The molecule has 1 unspecified atom stereocenters. The molecule has 0 spiro atoms. The van der Waals surface area contributed by atoms with Crippen molar-refractivity contribution in [3.8, 4) is 0 Å². The van der Waals surface area contributed by atoms with Gasteiger partial charge in [0.1, 0.15) is 0 Å². The minimum atomic E-state index is 0.367. The first-order chi connectivity index (χ1) is 12.6. The zero-order valence-electron chi connectivity index (χ0n) is 14.9. The summed E-state index contributed by atoms with van der Waals surface area (Å²) in [4.78, 5) is 4.98. The Hall–Kier alpha value is -1.04. The van der Waals surface area contributed by atoms with Crippen LogP contribution in [0.5, 0.6) is 0 Å². The number of hydrogen-bond acceptors (Lipinski definition) is 3. The molecule has 3 heterocycles. The summed E-state index contributed by atoms with van der Waals surface area (Å²) in [6.45, 7) is 3.44. The molecule has 3 aliphatic heterocycles. The zero-order chi connectivity index (χ0) is 17.8. The fraction of sp³-hybridized carbons (Fsp3) is 0.429. The van der Waals surface area contributed by atoms with E-state index < -0.39 is 0 Å². The summed E-state index contributed by atoms with van der Waals surface area (Å²) in [5.41, 5.74) is 6.96. The smallest absolute Gasteiger partial charge is 0.0647 e.